The van der Waals surface area contributed by atoms with Crippen LogP contribution in [-0.4, -0.2) is 32.1 Å². The number of aliphatic carboxylic acids is 1. The molecule has 0 aromatic heterocycles. The normalized spacial score (nSPS) is 13.2. The summed E-state index contributed by atoms with van der Waals surface area (Å²) in [4.78, 5) is 11.3. The number of carbonyl (C=O) groups is 1. The second kappa shape index (κ2) is 7.19. The molecule has 0 spiro atoms. The molecule has 0 heterocycles. The summed E-state index contributed by atoms with van der Waals surface area (Å²) in [5.74, 6) is -0.999. The number of carboxylic acids is 1. The first-order chi connectivity index (χ1) is 11.3. The van der Waals surface area contributed by atoms with Gasteiger partial charge in [-0.05, 0) is 25.0 Å². The van der Waals surface area contributed by atoms with Crippen LogP contribution in [0.1, 0.15) is 20.8 Å². The van der Waals surface area contributed by atoms with Crippen LogP contribution in [0.4, 0.5) is 0 Å². The number of carboxylic acid groups (broad SMARTS) is 1. The Morgan fingerprint density at radius 3 is 2.33 bits per heavy atom. The summed E-state index contributed by atoms with van der Waals surface area (Å²) >= 11 is 0. The molecule has 2 aromatic carbocycles. The van der Waals surface area contributed by atoms with Gasteiger partial charge in [0.15, 0.2) is 0 Å². The van der Waals surface area contributed by atoms with E-state index in [9.17, 15) is 18.3 Å². The molecular formula is C17H21NO5S. The van der Waals surface area contributed by atoms with E-state index >= 15 is 0 Å². The van der Waals surface area contributed by atoms with Crippen LogP contribution in [0.25, 0.3) is 10.8 Å². The second-order valence-electron chi connectivity index (χ2n) is 5.72. The molecule has 0 aliphatic carbocycles. The van der Waals surface area contributed by atoms with Gasteiger partial charge in [-0.15, -0.1) is 0 Å². The average Bonchev–Trinajstić information content (AvgIpc) is 2.52. The molecule has 0 aliphatic heterocycles. The number of nitrogens with one attached hydrogen (secondary N) is 1. The molecule has 2 aromatic rings. The maximum Gasteiger partial charge on any atom is 0.322 e. The molecule has 6 nitrogen and oxygen atoms in total. The van der Waals surface area contributed by atoms with Crippen LogP contribution in [0.15, 0.2) is 41.3 Å². The lowest BCUT2D eigenvalue weighted by Gasteiger charge is -2.19. The predicted octanol–water partition coefficient (Wildman–Crippen LogP) is 2.63. The lowest BCUT2D eigenvalue weighted by Crippen LogP contribution is -2.44. The summed E-state index contributed by atoms with van der Waals surface area (Å²) in [6.07, 6.45) is 0. The lowest BCUT2D eigenvalue weighted by molar-refractivity contribution is -0.140. The summed E-state index contributed by atoms with van der Waals surface area (Å²) < 4.78 is 33.3. The SMILES string of the molecule is CCOc1ccc(S(=O)(=O)N[C@H](C(=O)O)C(C)C)c2ccccc12. The van der Waals surface area contributed by atoms with E-state index < -0.39 is 22.0 Å². The molecule has 0 fully saturated rings. The highest BCUT2D eigenvalue weighted by atomic mass is 32.2. The fourth-order valence-electron chi connectivity index (χ4n) is 2.46. The number of fused-ring (bicyclic) bond motifs is 1. The lowest BCUT2D eigenvalue weighted by atomic mass is 10.1. The van der Waals surface area contributed by atoms with Gasteiger partial charge in [0.05, 0.1) is 11.5 Å². The number of ether oxygens (including phenoxy) is 1. The molecule has 0 bridgehead atoms. The molecule has 24 heavy (non-hydrogen) atoms. The monoisotopic (exact) mass is 351 g/mol. The van der Waals surface area contributed by atoms with Crippen LogP contribution in [0.3, 0.4) is 0 Å². The molecule has 0 unspecified atom stereocenters. The number of hydrogen-bond donors (Lipinski definition) is 2. The maximum absolute atomic E-state index is 12.7. The minimum absolute atomic E-state index is 0.0356. The Morgan fingerprint density at radius 2 is 1.79 bits per heavy atom. The Bertz CT molecular complexity index is 845. The van der Waals surface area contributed by atoms with Crippen molar-refractivity contribution in [1.82, 2.24) is 4.72 Å². The highest BCUT2D eigenvalue weighted by Gasteiger charge is 2.29. The van der Waals surface area contributed by atoms with Gasteiger partial charge in [-0.1, -0.05) is 38.1 Å². The number of sulfonamides is 1. The third kappa shape index (κ3) is 3.68. The highest BCUT2D eigenvalue weighted by molar-refractivity contribution is 7.89. The minimum Gasteiger partial charge on any atom is -0.493 e. The quantitative estimate of drug-likeness (QED) is 0.800. The van der Waals surface area contributed by atoms with Crippen molar-refractivity contribution < 1.29 is 23.1 Å². The topological polar surface area (TPSA) is 92.7 Å². The smallest absolute Gasteiger partial charge is 0.322 e. The van der Waals surface area contributed by atoms with Gasteiger partial charge >= 0.3 is 5.97 Å². The maximum atomic E-state index is 12.7. The van der Waals surface area contributed by atoms with E-state index in [0.29, 0.717) is 23.1 Å². The molecule has 1 atom stereocenters. The van der Waals surface area contributed by atoms with Gasteiger partial charge in [0.1, 0.15) is 11.8 Å². The van der Waals surface area contributed by atoms with Crippen molar-refractivity contribution in [3.05, 3.63) is 36.4 Å². The van der Waals surface area contributed by atoms with Crippen molar-refractivity contribution in [2.45, 2.75) is 31.7 Å². The Morgan fingerprint density at radius 1 is 1.17 bits per heavy atom. The van der Waals surface area contributed by atoms with Crippen LogP contribution < -0.4 is 9.46 Å². The molecule has 0 radical (unpaired) electrons. The van der Waals surface area contributed by atoms with Gasteiger partial charge in [-0.25, -0.2) is 8.42 Å². The summed E-state index contributed by atoms with van der Waals surface area (Å²) in [6.45, 7) is 5.61. The fraction of sp³-hybridized carbons (Fsp3) is 0.353. The summed E-state index contributed by atoms with van der Waals surface area (Å²) in [5, 5.41) is 10.4. The van der Waals surface area contributed by atoms with Crippen LogP contribution in [0.5, 0.6) is 5.75 Å². The number of benzene rings is 2. The van der Waals surface area contributed by atoms with Crippen LogP contribution in [0, 0.1) is 5.92 Å². The fourth-order valence-corrected chi connectivity index (χ4v) is 4.01. The summed E-state index contributed by atoms with van der Waals surface area (Å²) in [5.41, 5.74) is 0. The van der Waals surface area contributed by atoms with Gasteiger partial charge in [0.25, 0.3) is 0 Å². The van der Waals surface area contributed by atoms with E-state index in [2.05, 4.69) is 4.72 Å². The zero-order valence-electron chi connectivity index (χ0n) is 13.8. The van der Waals surface area contributed by atoms with E-state index in [1.807, 2.05) is 6.92 Å². The third-order valence-electron chi connectivity index (χ3n) is 3.65. The molecular weight excluding hydrogens is 330 g/mol. The second-order valence-corrected chi connectivity index (χ2v) is 7.40. The molecule has 0 saturated carbocycles. The largest absolute Gasteiger partial charge is 0.493 e. The van der Waals surface area contributed by atoms with Gasteiger partial charge in [-0.3, -0.25) is 4.79 Å². The van der Waals surface area contributed by atoms with Crippen LogP contribution >= 0.6 is 0 Å². The Balaban J connectivity index is 2.55. The Labute approximate surface area is 141 Å². The number of rotatable bonds is 7. The van der Waals surface area contributed by atoms with Gasteiger partial charge in [0, 0.05) is 10.8 Å². The minimum atomic E-state index is -3.99. The zero-order chi connectivity index (χ0) is 17.9. The van der Waals surface area contributed by atoms with E-state index in [-0.39, 0.29) is 10.8 Å². The summed E-state index contributed by atoms with van der Waals surface area (Å²) in [6, 6.07) is 8.81. The molecule has 0 aliphatic rings. The first kappa shape index (κ1) is 18.2. The van der Waals surface area contributed by atoms with Crippen molar-refractivity contribution in [3.63, 3.8) is 0 Å². The highest BCUT2D eigenvalue weighted by Crippen LogP contribution is 2.31. The van der Waals surface area contributed by atoms with Gasteiger partial charge in [0.2, 0.25) is 10.0 Å². The zero-order valence-corrected chi connectivity index (χ0v) is 14.6. The predicted molar refractivity (Wildman–Crippen MR) is 91.7 cm³/mol. The summed E-state index contributed by atoms with van der Waals surface area (Å²) in [7, 11) is -3.99. The average molecular weight is 351 g/mol. The molecule has 2 N–H and O–H groups in total. The van der Waals surface area contributed by atoms with Crippen molar-refractivity contribution in [3.8, 4) is 5.75 Å². The molecule has 2 rings (SSSR count). The van der Waals surface area contributed by atoms with Crippen LogP contribution in [-0.2, 0) is 14.8 Å². The first-order valence-corrected chi connectivity index (χ1v) is 9.16. The molecule has 0 amide bonds. The third-order valence-corrected chi connectivity index (χ3v) is 5.15. The van der Waals surface area contributed by atoms with Crippen molar-refractivity contribution in [1.29, 1.82) is 0 Å². The van der Waals surface area contributed by atoms with E-state index in [1.54, 1.807) is 44.2 Å². The van der Waals surface area contributed by atoms with E-state index in [0.717, 1.165) is 0 Å². The molecule has 130 valence electrons. The standard InChI is InChI=1S/C17H21NO5S/c1-4-23-14-9-10-15(13-8-6-5-7-12(13)14)24(21,22)18-16(11(2)3)17(19)20/h5-11,16,18H,4H2,1-3H3,(H,19,20)/t16-/m0/s1. The molecule has 0 saturated heterocycles. The van der Waals surface area contributed by atoms with Gasteiger partial charge < -0.3 is 9.84 Å². The van der Waals surface area contributed by atoms with Crippen molar-refractivity contribution >= 4 is 26.8 Å². The number of hydrogen-bond acceptors (Lipinski definition) is 4. The molecule has 7 heteroatoms. The Hall–Kier alpha value is -2.12. The van der Waals surface area contributed by atoms with E-state index in [4.69, 9.17) is 4.74 Å². The van der Waals surface area contributed by atoms with Crippen LogP contribution in [0.2, 0.25) is 0 Å². The Kier molecular flexibility index (Phi) is 5.46. The first-order valence-electron chi connectivity index (χ1n) is 7.67. The van der Waals surface area contributed by atoms with Gasteiger partial charge in [-0.2, -0.15) is 4.72 Å². The van der Waals surface area contributed by atoms with Crippen molar-refractivity contribution in [2.75, 3.05) is 6.61 Å². The van der Waals surface area contributed by atoms with E-state index in [1.165, 1.54) is 6.07 Å². The van der Waals surface area contributed by atoms with Crippen molar-refractivity contribution in [2.24, 2.45) is 5.92 Å².